The lowest BCUT2D eigenvalue weighted by Crippen LogP contribution is -1.94. The van der Waals surface area contributed by atoms with Crippen LogP contribution >= 0.6 is 15.9 Å². The van der Waals surface area contributed by atoms with Gasteiger partial charge in [-0.3, -0.25) is 0 Å². The number of benzene rings is 4. The Morgan fingerprint density at radius 1 is 0.630 bits per heavy atom. The van der Waals surface area contributed by atoms with E-state index in [-0.39, 0.29) is 0 Å². The van der Waals surface area contributed by atoms with Gasteiger partial charge in [-0.25, -0.2) is 0 Å². The van der Waals surface area contributed by atoms with Crippen LogP contribution in [0.5, 0.6) is 0 Å². The van der Waals surface area contributed by atoms with Crippen LogP contribution in [0.25, 0.3) is 38.6 Å². The summed E-state index contributed by atoms with van der Waals surface area (Å²) in [6, 6.07) is 30.9. The molecule has 5 aromatic rings. The summed E-state index contributed by atoms with van der Waals surface area (Å²) in [4.78, 5) is 0. The fourth-order valence-electron chi connectivity index (χ4n) is 4.47. The predicted molar refractivity (Wildman–Crippen MR) is 117 cm³/mol. The Bertz CT molecular complexity index is 1360. The average molecular weight is 410 g/mol. The monoisotopic (exact) mass is 409 g/mol. The van der Waals surface area contributed by atoms with Crippen molar-refractivity contribution in [3.63, 3.8) is 0 Å². The van der Waals surface area contributed by atoms with Gasteiger partial charge in [0.1, 0.15) is 0 Å². The Morgan fingerprint density at radius 3 is 2.37 bits per heavy atom. The summed E-state index contributed by atoms with van der Waals surface area (Å²) >= 11 is 3.63. The lowest BCUT2D eigenvalue weighted by molar-refractivity contribution is 1.17. The zero-order valence-corrected chi connectivity index (χ0v) is 16.2. The molecule has 1 aromatic heterocycles. The second-order valence-corrected chi connectivity index (χ2v) is 8.11. The summed E-state index contributed by atoms with van der Waals surface area (Å²) in [7, 11) is 0. The highest BCUT2D eigenvalue weighted by atomic mass is 79.9. The molecule has 2 heteroatoms. The standard InChI is InChI=1S/C25H16BrN/c26-18-10-12-25-23(14-18)21-7-3-4-8-24(21)27(25)19-11-9-17-13-16-5-1-2-6-20(16)22(17)15-19/h1-12,14-15H,13H2. The minimum atomic E-state index is 1.03. The number of rotatable bonds is 1. The summed E-state index contributed by atoms with van der Waals surface area (Å²) in [5, 5.41) is 2.57. The average Bonchev–Trinajstić information content (AvgIpc) is 3.23. The van der Waals surface area contributed by atoms with E-state index in [1.807, 2.05) is 0 Å². The second kappa shape index (κ2) is 5.58. The quantitative estimate of drug-likeness (QED) is 0.272. The van der Waals surface area contributed by atoms with Crippen molar-refractivity contribution >= 4 is 37.7 Å². The van der Waals surface area contributed by atoms with E-state index in [1.165, 1.54) is 49.7 Å². The molecule has 0 saturated heterocycles. The van der Waals surface area contributed by atoms with Crippen molar-refractivity contribution in [2.45, 2.75) is 6.42 Å². The maximum Gasteiger partial charge on any atom is 0.0541 e. The molecule has 0 N–H and O–H groups in total. The van der Waals surface area contributed by atoms with E-state index in [1.54, 1.807) is 0 Å². The molecular formula is C25H16BrN. The molecule has 128 valence electrons. The van der Waals surface area contributed by atoms with E-state index in [9.17, 15) is 0 Å². The van der Waals surface area contributed by atoms with Crippen molar-refractivity contribution in [3.05, 3.63) is 101 Å². The third kappa shape index (κ3) is 2.17. The van der Waals surface area contributed by atoms with Crippen molar-refractivity contribution in [1.82, 2.24) is 4.57 Å². The third-order valence-electron chi connectivity index (χ3n) is 5.67. The maximum atomic E-state index is 3.63. The number of hydrogen-bond donors (Lipinski definition) is 0. The van der Waals surface area contributed by atoms with E-state index in [0.717, 1.165) is 10.9 Å². The van der Waals surface area contributed by atoms with Crippen LogP contribution in [-0.2, 0) is 6.42 Å². The summed E-state index contributed by atoms with van der Waals surface area (Å²) < 4.78 is 3.50. The van der Waals surface area contributed by atoms with E-state index < -0.39 is 0 Å². The molecule has 0 unspecified atom stereocenters. The van der Waals surface area contributed by atoms with Crippen LogP contribution in [0.3, 0.4) is 0 Å². The molecule has 0 radical (unpaired) electrons. The smallest absolute Gasteiger partial charge is 0.0541 e. The molecule has 0 bridgehead atoms. The molecule has 1 aliphatic carbocycles. The number of fused-ring (bicyclic) bond motifs is 6. The molecule has 0 atom stereocenters. The fraction of sp³-hybridized carbons (Fsp3) is 0.0400. The second-order valence-electron chi connectivity index (χ2n) is 7.19. The van der Waals surface area contributed by atoms with Gasteiger partial charge in [-0.1, -0.05) is 64.5 Å². The largest absolute Gasteiger partial charge is 0.309 e. The molecule has 0 spiro atoms. The van der Waals surface area contributed by atoms with Crippen molar-refractivity contribution in [1.29, 1.82) is 0 Å². The van der Waals surface area contributed by atoms with E-state index in [0.29, 0.717) is 0 Å². The molecule has 1 heterocycles. The van der Waals surface area contributed by atoms with Crippen molar-refractivity contribution in [2.75, 3.05) is 0 Å². The van der Waals surface area contributed by atoms with Crippen LogP contribution in [-0.4, -0.2) is 4.57 Å². The SMILES string of the molecule is Brc1ccc2c(c1)c1ccccc1n2-c1ccc2c(c1)-c1ccccc1C2. The molecule has 6 rings (SSSR count). The molecule has 0 amide bonds. The number of aromatic nitrogens is 1. The predicted octanol–water partition coefficient (Wildman–Crippen LogP) is 7.12. The van der Waals surface area contributed by atoms with Crippen LogP contribution in [0, 0.1) is 0 Å². The first kappa shape index (κ1) is 15.2. The number of para-hydroxylation sites is 1. The van der Waals surface area contributed by atoms with Crippen molar-refractivity contribution in [3.8, 4) is 16.8 Å². The molecule has 0 aliphatic heterocycles. The lowest BCUT2D eigenvalue weighted by atomic mass is 10.1. The summed E-state index contributed by atoms with van der Waals surface area (Å²) in [5.41, 5.74) is 9.30. The minimum Gasteiger partial charge on any atom is -0.309 e. The van der Waals surface area contributed by atoms with Gasteiger partial charge in [-0.15, -0.1) is 0 Å². The summed E-state index contributed by atoms with van der Waals surface area (Å²) in [5.74, 6) is 0. The van der Waals surface area contributed by atoms with Gasteiger partial charge in [0.25, 0.3) is 0 Å². The highest BCUT2D eigenvalue weighted by Gasteiger charge is 2.19. The normalized spacial score (nSPS) is 12.5. The number of hydrogen-bond acceptors (Lipinski definition) is 0. The molecule has 0 fully saturated rings. The highest BCUT2D eigenvalue weighted by Crippen LogP contribution is 2.39. The molecule has 27 heavy (non-hydrogen) atoms. The zero-order chi connectivity index (χ0) is 18.0. The fourth-order valence-corrected chi connectivity index (χ4v) is 4.84. The summed E-state index contributed by atoms with van der Waals surface area (Å²) in [6.07, 6.45) is 1.03. The van der Waals surface area contributed by atoms with Crippen LogP contribution in [0.1, 0.15) is 11.1 Å². The van der Waals surface area contributed by atoms with Crippen LogP contribution in [0.4, 0.5) is 0 Å². The van der Waals surface area contributed by atoms with E-state index in [4.69, 9.17) is 0 Å². The van der Waals surface area contributed by atoms with Crippen LogP contribution in [0.15, 0.2) is 89.4 Å². The molecule has 4 aromatic carbocycles. The van der Waals surface area contributed by atoms with Gasteiger partial charge in [0.2, 0.25) is 0 Å². The summed E-state index contributed by atoms with van der Waals surface area (Å²) in [6.45, 7) is 0. The zero-order valence-electron chi connectivity index (χ0n) is 14.6. The first-order chi connectivity index (χ1) is 13.3. The Morgan fingerprint density at radius 2 is 1.41 bits per heavy atom. The van der Waals surface area contributed by atoms with Gasteiger partial charge in [0, 0.05) is 20.9 Å². The lowest BCUT2D eigenvalue weighted by Gasteiger charge is -2.10. The van der Waals surface area contributed by atoms with Crippen LogP contribution < -0.4 is 0 Å². The van der Waals surface area contributed by atoms with Gasteiger partial charge >= 0.3 is 0 Å². The Labute approximate surface area is 166 Å². The number of nitrogens with zero attached hydrogens (tertiary/aromatic N) is 1. The van der Waals surface area contributed by atoms with Gasteiger partial charge in [-0.2, -0.15) is 0 Å². The van der Waals surface area contributed by atoms with E-state index >= 15 is 0 Å². The minimum absolute atomic E-state index is 1.03. The molecule has 1 aliphatic rings. The van der Waals surface area contributed by atoms with E-state index in [2.05, 4.69) is 105 Å². The van der Waals surface area contributed by atoms with Crippen molar-refractivity contribution < 1.29 is 0 Å². The first-order valence-electron chi connectivity index (χ1n) is 9.20. The Hall–Kier alpha value is -2.84. The molecule has 1 nitrogen and oxygen atoms in total. The van der Waals surface area contributed by atoms with Gasteiger partial charge in [-0.05, 0) is 65.1 Å². The topological polar surface area (TPSA) is 4.93 Å². The number of halogens is 1. The van der Waals surface area contributed by atoms with Crippen molar-refractivity contribution in [2.24, 2.45) is 0 Å². The van der Waals surface area contributed by atoms with Gasteiger partial charge in [0.15, 0.2) is 0 Å². The highest BCUT2D eigenvalue weighted by molar-refractivity contribution is 9.10. The Balaban J connectivity index is 1.68. The molecule has 0 saturated carbocycles. The van der Waals surface area contributed by atoms with Gasteiger partial charge < -0.3 is 4.57 Å². The van der Waals surface area contributed by atoms with Gasteiger partial charge in [0.05, 0.1) is 11.0 Å². The first-order valence-corrected chi connectivity index (χ1v) is 9.99. The Kier molecular flexibility index (Phi) is 3.15. The maximum absolute atomic E-state index is 3.63. The third-order valence-corrected chi connectivity index (χ3v) is 6.17. The van der Waals surface area contributed by atoms with Crippen LogP contribution in [0.2, 0.25) is 0 Å². The molecular weight excluding hydrogens is 394 g/mol.